The Morgan fingerprint density at radius 2 is 2.17 bits per heavy atom. The Labute approximate surface area is 140 Å². The van der Waals surface area contributed by atoms with E-state index in [0.717, 1.165) is 30.6 Å². The standard InChI is InChI=1S/C19H21FN2O2/c1-13-3-2-4-15(9-13)17-10-16(20)5-6-18(17)22(19(23)24)12-14-7-8-21-11-14/h2-6,9-10,14,21H,7-8,11-12H2,1H3,(H,23,24). The molecule has 2 N–H and O–H groups in total. The van der Waals surface area contributed by atoms with Crippen molar-refractivity contribution in [2.45, 2.75) is 13.3 Å². The molecule has 3 rings (SSSR count). The minimum atomic E-state index is -1.01. The second kappa shape index (κ2) is 7.01. The number of hydrogen-bond donors (Lipinski definition) is 2. The van der Waals surface area contributed by atoms with Crippen LogP contribution in [0.4, 0.5) is 14.9 Å². The van der Waals surface area contributed by atoms with E-state index >= 15 is 0 Å². The zero-order valence-corrected chi connectivity index (χ0v) is 13.6. The molecule has 0 aliphatic carbocycles. The Hall–Kier alpha value is -2.40. The van der Waals surface area contributed by atoms with Crippen molar-refractivity contribution in [3.63, 3.8) is 0 Å². The van der Waals surface area contributed by atoms with E-state index in [4.69, 9.17) is 0 Å². The van der Waals surface area contributed by atoms with Crippen LogP contribution in [-0.2, 0) is 0 Å². The van der Waals surface area contributed by atoms with E-state index in [-0.39, 0.29) is 11.7 Å². The van der Waals surface area contributed by atoms with Gasteiger partial charge in [0.2, 0.25) is 0 Å². The number of rotatable bonds is 4. The van der Waals surface area contributed by atoms with E-state index in [1.165, 1.54) is 17.0 Å². The molecule has 4 nitrogen and oxygen atoms in total. The van der Waals surface area contributed by atoms with Gasteiger partial charge in [-0.3, -0.25) is 4.90 Å². The topological polar surface area (TPSA) is 52.6 Å². The van der Waals surface area contributed by atoms with Crippen molar-refractivity contribution in [3.8, 4) is 11.1 Å². The fraction of sp³-hybridized carbons (Fsp3) is 0.316. The van der Waals surface area contributed by atoms with Gasteiger partial charge in [-0.05, 0) is 56.1 Å². The number of halogens is 1. The SMILES string of the molecule is Cc1cccc(-c2cc(F)ccc2N(CC2CCNC2)C(=O)O)c1. The molecule has 0 spiro atoms. The van der Waals surface area contributed by atoms with Gasteiger partial charge in [0.15, 0.2) is 0 Å². The molecule has 1 saturated heterocycles. The average molecular weight is 328 g/mol. The summed E-state index contributed by atoms with van der Waals surface area (Å²) in [7, 11) is 0. The normalized spacial score (nSPS) is 17.0. The molecule has 2 aromatic carbocycles. The van der Waals surface area contributed by atoms with E-state index in [9.17, 15) is 14.3 Å². The molecule has 1 amide bonds. The van der Waals surface area contributed by atoms with Gasteiger partial charge >= 0.3 is 6.09 Å². The van der Waals surface area contributed by atoms with Crippen LogP contribution >= 0.6 is 0 Å². The highest BCUT2D eigenvalue weighted by molar-refractivity contribution is 5.93. The summed E-state index contributed by atoms with van der Waals surface area (Å²) in [5.74, 6) is -0.0976. The van der Waals surface area contributed by atoms with Gasteiger partial charge in [0.1, 0.15) is 5.82 Å². The number of nitrogens with one attached hydrogen (secondary N) is 1. The molecule has 0 radical (unpaired) electrons. The molecule has 0 saturated carbocycles. The Morgan fingerprint density at radius 3 is 2.83 bits per heavy atom. The molecule has 126 valence electrons. The summed E-state index contributed by atoms with van der Waals surface area (Å²) in [4.78, 5) is 13.2. The van der Waals surface area contributed by atoms with Gasteiger partial charge in [-0.2, -0.15) is 0 Å². The van der Waals surface area contributed by atoms with Crippen LogP contribution in [0.15, 0.2) is 42.5 Å². The lowest BCUT2D eigenvalue weighted by molar-refractivity contribution is 0.200. The molecule has 0 aromatic heterocycles. The van der Waals surface area contributed by atoms with Gasteiger partial charge in [0.05, 0.1) is 5.69 Å². The lowest BCUT2D eigenvalue weighted by Crippen LogP contribution is -2.35. The molecule has 1 heterocycles. The lowest BCUT2D eigenvalue weighted by atomic mass is 10.00. The third-order valence-corrected chi connectivity index (χ3v) is 4.41. The number of amides is 1. The maximum absolute atomic E-state index is 13.8. The molecule has 1 fully saturated rings. The molecule has 1 aliphatic heterocycles. The summed E-state index contributed by atoms with van der Waals surface area (Å²) in [6.07, 6.45) is -0.0625. The van der Waals surface area contributed by atoms with Gasteiger partial charge in [0.25, 0.3) is 0 Å². The van der Waals surface area contributed by atoms with Gasteiger partial charge in [-0.25, -0.2) is 9.18 Å². The minimum absolute atomic E-state index is 0.275. The summed E-state index contributed by atoms with van der Waals surface area (Å²) < 4.78 is 13.8. The summed E-state index contributed by atoms with van der Waals surface area (Å²) in [5, 5.41) is 12.9. The highest BCUT2D eigenvalue weighted by Gasteiger charge is 2.25. The van der Waals surface area contributed by atoms with Crippen molar-refractivity contribution < 1.29 is 14.3 Å². The number of benzene rings is 2. The smallest absolute Gasteiger partial charge is 0.411 e. The lowest BCUT2D eigenvalue weighted by Gasteiger charge is -2.25. The van der Waals surface area contributed by atoms with E-state index in [0.29, 0.717) is 17.8 Å². The molecular weight excluding hydrogens is 307 g/mol. The quantitative estimate of drug-likeness (QED) is 0.895. The Balaban J connectivity index is 2.02. The predicted octanol–water partition coefficient (Wildman–Crippen LogP) is 3.90. The molecule has 24 heavy (non-hydrogen) atoms. The zero-order chi connectivity index (χ0) is 17.1. The summed E-state index contributed by atoms with van der Waals surface area (Å²) in [6.45, 7) is 4.09. The first-order valence-corrected chi connectivity index (χ1v) is 8.12. The van der Waals surface area contributed by atoms with Crippen LogP contribution in [0.1, 0.15) is 12.0 Å². The van der Waals surface area contributed by atoms with Crippen molar-refractivity contribution in [2.75, 3.05) is 24.5 Å². The number of nitrogens with zero attached hydrogens (tertiary/aromatic N) is 1. The van der Waals surface area contributed by atoms with Crippen LogP contribution in [0.5, 0.6) is 0 Å². The number of carboxylic acid groups (broad SMARTS) is 1. The fourth-order valence-corrected chi connectivity index (χ4v) is 3.20. The van der Waals surface area contributed by atoms with E-state index < -0.39 is 6.09 Å². The second-order valence-corrected chi connectivity index (χ2v) is 6.28. The van der Waals surface area contributed by atoms with Crippen LogP contribution in [0.2, 0.25) is 0 Å². The van der Waals surface area contributed by atoms with Crippen LogP contribution in [0.3, 0.4) is 0 Å². The minimum Gasteiger partial charge on any atom is -0.465 e. The van der Waals surface area contributed by atoms with Gasteiger partial charge in [0, 0.05) is 12.1 Å². The second-order valence-electron chi connectivity index (χ2n) is 6.28. The van der Waals surface area contributed by atoms with Crippen molar-refractivity contribution in [2.24, 2.45) is 5.92 Å². The monoisotopic (exact) mass is 328 g/mol. The van der Waals surface area contributed by atoms with Crippen LogP contribution < -0.4 is 10.2 Å². The summed E-state index contributed by atoms with van der Waals surface area (Å²) in [5.41, 5.74) is 3.00. The summed E-state index contributed by atoms with van der Waals surface area (Å²) >= 11 is 0. The first-order chi connectivity index (χ1) is 11.5. The molecule has 5 heteroatoms. The highest BCUT2D eigenvalue weighted by Crippen LogP contribution is 2.33. The number of hydrogen-bond acceptors (Lipinski definition) is 2. The van der Waals surface area contributed by atoms with E-state index in [2.05, 4.69) is 5.32 Å². The Bertz CT molecular complexity index is 742. The Morgan fingerprint density at radius 1 is 1.33 bits per heavy atom. The number of anilines is 1. The van der Waals surface area contributed by atoms with Crippen LogP contribution in [-0.4, -0.2) is 30.8 Å². The van der Waals surface area contributed by atoms with Crippen molar-refractivity contribution in [1.82, 2.24) is 5.32 Å². The third-order valence-electron chi connectivity index (χ3n) is 4.41. The maximum atomic E-state index is 13.8. The molecular formula is C19H21FN2O2. The number of aryl methyl sites for hydroxylation is 1. The highest BCUT2D eigenvalue weighted by atomic mass is 19.1. The largest absolute Gasteiger partial charge is 0.465 e. The van der Waals surface area contributed by atoms with Crippen LogP contribution in [0, 0.1) is 18.7 Å². The molecule has 1 atom stereocenters. The third kappa shape index (κ3) is 3.57. The van der Waals surface area contributed by atoms with Crippen molar-refractivity contribution >= 4 is 11.8 Å². The van der Waals surface area contributed by atoms with Crippen molar-refractivity contribution in [3.05, 3.63) is 53.8 Å². The fourth-order valence-electron chi connectivity index (χ4n) is 3.20. The zero-order valence-electron chi connectivity index (χ0n) is 13.6. The average Bonchev–Trinajstić information content (AvgIpc) is 3.06. The molecule has 1 aliphatic rings. The molecule has 0 bridgehead atoms. The molecule has 1 unspecified atom stereocenters. The Kier molecular flexibility index (Phi) is 4.81. The van der Waals surface area contributed by atoms with E-state index in [1.54, 1.807) is 6.07 Å². The number of carbonyl (C=O) groups is 1. The van der Waals surface area contributed by atoms with Gasteiger partial charge < -0.3 is 10.4 Å². The van der Waals surface area contributed by atoms with Crippen molar-refractivity contribution in [1.29, 1.82) is 0 Å². The van der Waals surface area contributed by atoms with E-state index in [1.807, 2.05) is 31.2 Å². The maximum Gasteiger partial charge on any atom is 0.411 e. The first-order valence-electron chi connectivity index (χ1n) is 8.12. The summed E-state index contributed by atoms with van der Waals surface area (Å²) in [6, 6.07) is 12.0. The first kappa shape index (κ1) is 16.5. The predicted molar refractivity (Wildman–Crippen MR) is 92.9 cm³/mol. The van der Waals surface area contributed by atoms with Crippen LogP contribution in [0.25, 0.3) is 11.1 Å². The van der Waals surface area contributed by atoms with Gasteiger partial charge in [-0.1, -0.05) is 29.8 Å². The van der Waals surface area contributed by atoms with Gasteiger partial charge in [-0.15, -0.1) is 0 Å². The molecule has 2 aromatic rings.